The fourth-order valence-corrected chi connectivity index (χ4v) is 5.62. The fourth-order valence-electron chi connectivity index (χ4n) is 3.75. The standard InChI is InChI=1S/C24H21BrCl2N2O4S/c1-4-32-23(30)20-13(2)28-24-29(8-9-34-24)21(20)14-10-16(25)22(19(11-14)31-3)33-12-15-17(26)6-5-7-18(15)27/h5-11,21H,4,12H2,1-3H3/t21-/m1/s1. The van der Waals surface area contributed by atoms with Gasteiger partial charge in [0.2, 0.25) is 0 Å². The molecule has 2 aliphatic heterocycles. The highest BCUT2D eigenvalue weighted by Gasteiger charge is 2.38. The van der Waals surface area contributed by atoms with Gasteiger partial charge in [0.25, 0.3) is 0 Å². The molecule has 34 heavy (non-hydrogen) atoms. The molecule has 2 aromatic rings. The maximum absolute atomic E-state index is 12.9. The molecule has 0 fully saturated rings. The molecule has 178 valence electrons. The zero-order valence-corrected chi connectivity index (χ0v) is 22.5. The smallest absolute Gasteiger partial charge is 0.338 e. The van der Waals surface area contributed by atoms with E-state index in [2.05, 4.69) is 20.9 Å². The number of hydrogen-bond acceptors (Lipinski definition) is 7. The average Bonchev–Trinajstić information content (AvgIpc) is 3.26. The summed E-state index contributed by atoms with van der Waals surface area (Å²) in [5.41, 5.74) is 2.59. The van der Waals surface area contributed by atoms with Crippen molar-refractivity contribution in [3.05, 3.63) is 78.9 Å². The predicted octanol–water partition coefficient (Wildman–Crippen LogP) is 7.11. The lowest BCUT2D eigenvalue weighted by atomic mass is 9.94. The van der Waals surface area contributed by atoms with Crippen LogP contribution in [0.4, 0.5) is 0 Å². The minimum atomic E-state index is -0.435. The molecule has 0 aliphatic carbocycles. The summed E-state index contributed by atoms with van der Waals surface area (Å²) < 4.78 is 17.7. The van der Waals surface area contributed by atoms with Crippen LogP contribution >= 0.6 is 50.9 Å². The number of methoxy groups -OCH3 is 1. The zero-order chi connectivity index (χ0) is 24.4. The molecule has 2 heterocycles. The van der Waals surface area contributed by atoms with E-state index in [1.54, 1.807) is 32.2 Å². The molecule has 1 atom stereocenters. The van der Waals surface area contributed by atoms with Gasteiger partial charge < -0.3 is 19.1 Å². The van der Waals surface area contributed by atoms with Crippen molar-refractivity contribution < 1.29 is 19.0 Å². The summed E-state index contributed by atoms with van der Waals surface area (Å²) in [4.78, 5) is 19.5. The quantitative estimate of drug-likeness (QED) is 0.324. The molecule has 0 saturated heterocycles. The molecule has 0 saturated carbocycles. The number of rotatable bonds is 7. The van der Waals surface area contributed by atoms with Crippen LogP contribution in [0.3, 0.4) is 0 Å². The van der Waals surface area contributed by atoms with Crippen LogP contribution in [0.5, 0.6) is 11.5 Å². The van der Waals surface area contributed by atoms with Crippen molar-refractivity contribution in [3.8, 4) is 11.5 Å². The highest BCUT2D eigenvalue weighted by Crippen LogP contribution is 2.45. The molecule has 0 radical (unpaired) electrons. The van der Waals surface area contributed by atoms with Crippen LogP contribution in [0.1, 0.15) is 31.0 Å². The third kappa shape index (κ3) is 4.82. The van der Waals surface area contributed by atoms with Gasteiger partial charge in [0.05, 0.1) is 35.5 Å². The molecule has 6 nitrogen and oxygen atoms in total. The Bertz CT molecular complexity index is 1210. The number of aliphatic imine (C=N–C) groups is 1. The minimum absolute atomic E-state index is 0.158. The Morgan fingerprint density at radius 2 is 2.00 bits per heavy atom. The van der Waals surface area contributed by atoms with Gasteiger partial charge in [-0.15, -0.1) is 0 Å². The number of carbonyl (C=O) groups excluding carboxylic acids is 1. The lowest BCUT2D eigenvalue weighted by Crippen LogP contribution is -2.34. The molecule has 2 aliphatic rings. The second kappa shape index (κ2) is 10.6. The van der Waals surface area contributed by atoms with Crippen molar-refractivity contribution in [1.29, 1.82) is 0 Å². The molecule has 0 aromatic heterocycles. The van der Waals surface area contributed by atoms with Crippen molar-refractivity contribution >= 4 is 62.0 Å². The van der Waals surface area contributed by atoms with Crippen LogP contribution in [-0.2, 0) is 16.1 Å². The van der Waals surface area contributed by atoms with Gasteiger partial charge in [-0.1, -0.05) is 41.0 Å². The molecule has 4 rings (SSSR count). The van der Waals surface area contributed by atoms with Gasteiger partial charge >= 0.3 is 5.97 Å². The van der Waals surface area contributed by atoms with Gasteiger partial charge in [0, 0.05) is 21.8 Å². The lowest BCUT2D eigenvalue weighted by Gasteiger charge is -2.33. The Morgan fingerprint density at radius 3 is 2.68 bits per heavy atom. The van der Waals surface area contributed by atoms with E-state index in [9.17, 15) is 4.79 Å². The first kappa shape index (κ1) is 25.0. The third-order valence-electron chi connectivity index (χ3n) is 5.31. The van der Waals surface area contributed by atoms with Crippen LogP contribution in [0.25, 0.3) is 0 Å². The maximum Gasteiger partial charge on any atom is 0.338 e. The molecule has 2 aromatic carbocycles. The average molecular weight is 584 g/mol. The summed E-state index contributed by atoms with van der Waals surface area (Å²) in [6.07, 6.45) is 1.91. The van der Waals surface area contributed by atoms with Crippen LogP contribution < -0.4 is 9.47 Å². The van der Waals surface area contributed by atoms with Crippen LogP contribution in [-0.4, -0.2) is 29.8 Å². The van der Waals surface area contributed by atoms with Crippen molar-refractivity contribution in [3.63, 3.8) is 0 Å². The summed E-state index contributed by atoms with van der Waals surface area (Å²) in [5, 5.41) is 3.77. The Balaban J connectivity index is 1.73. The number of halogens is 3. The van der Waals surface area contributed by atoms with E-state index >= 15 is 0 Å². The van der Waals surface area contributed by atoms with Crippen molar-refractivity contribution in [2.45, 2.75) is 26.5 Å². The second-order valence-electron chi connectivity index (χ2n) is 7.35. The first-order valence-electron chi connectivity index (χ1n) is 10.4. The summed E-state index contributed by atoms with van der Waals surface area (Å²) in [5.74, 6) is 0.590. The Labute approximate surface area is 220 Å². The first-order chi connectivity index (χ1) is 16.3. The fraction of sp³-hybridized carbons (Fsp3) is 0.250. The van der Waals surface area contributed by atoms with Crippen molar-refractivity contribution in [1.82, 2.24) is 4.90 Å². The highest BCUT2D eigenvalue weighted by atomic mass is 79.9. The van der Waals surface area contributed by atoms with E-state index in [1.165, 1.54) is 11.8 Å². The van der Waals surface area contributed by atoms with Gasteiger partial charge in [-0.05, 0) is 65.0 Å². The molecule has 0 spiro atoms. The molecular formula is C24H21BrCl2N2O4S. The van der Waals surface area contributed by atoms with Crippen LogP contribution in [0.2, 0.25) is 10.0 Å². The van der Waals surface area contributed by atoms with Gasteiger partial charge in [-0.2, -0.15) is 0 Å². The van der Waals surface area contributed by atoms with Crippen LogP contribution in [0.15, 0.2) is 62.7 Å². The maximum atomic E-state index is 12.9. The predicted molar refractivity (Wildman–Crippen MR) is 140 cm³/mol. The number of hydrogen-bond donors (Lipinski definition) is 0. The Hall–Kier alpha value is -2.13. The number of esters is 1. The van der Waals surface area contributed by atoms with Gasteiger partial charge in [-0.3, -0.25) is 0 Å². The largest absolute Gasteiger partial charge is 0.493 e. The molecule has 0 unspecified atom stereocenters. The van der Waals surface area contributed by atoms with Crippen LogP contribution in [0, 0.1) is 0 Å². The molecule has 10 heteroatoms. The lowest BCUT2D eigenvalue weighted by molar-refractivity contribution is -0.139. The normalized spacial score (nSPS) is 16.9. The highest BCUT2D eigenvalue weighted by molar-refractivity contribution is 9.10. The van der Waals surface area contributed by atoms with E-state index < -0.39 is 12.0 Å². The number of fused-ring (bicyclic) bond motifs is 1. The summed E-state index contributed by atoms with van der Waals surface area (Å²) in [7, 11) is 1.56. The Kier molecular flexibility index (Phi) is 7.82. The topological polar surface area (TPSA) is 60.4 Å². The molecule has 0 amide bonds. The van der Waals surface area contributed by atoms with E-state index in [1.807, 2.05) is 35.6 Å². The Morgan fingerprint density at radius 1 is 1.26 bits per heavy atom. The minimum Gasteiger partial charge on any atom is -0.493 e. The summed E-state index contributed by atoms with van der Waals surface area (Å²) in [6, 6.07) is 8.63. The number of carbonyl (C=O) groups is 1. The van der Waals surface area contributed by atoms with E-state index in [0.29, 0.717) is 42.9 Å². The monoisotopic (exact) mass is 582 g/mol. The summed E-state index contributed by atoms with van der Waals surface area (Å²) >= 11 is 17.7. The third-order valence-corrected chi connectivity index (χ3v) is 7.37. The summed E-state index contributed by atoms with van der Waals surface area (Å²) in [6.45, 7) is 4.03. The zero-order valence-electron chi connectivity index (χ0n) is 18.6. The number of thioether (sulfide) groups is 1. The van der Waals surface area contributed by atoms with Crippen molar-refractivity contribution in [2.75, 3.05) is 13.7 Å². The van der Waals surface area contributed by atoms with Crippen molar-refractivity contribution in [2.24, 2.45) is 4.99 Å². The second-order valence-corrected chi connectivity index (χ2v) is 9.89. The van der Waals surface area contributed by atoms with E-state index in [4.69, 9.17) is 37.4 Å². The van der Waals surface area contributed by atoms with E-state index in [-0.39, 0.29) is 13.2 Å². The van der Waals surface area contributed by atoms with E-state index in [0.717, 1.165) is 10.7 Å². The van der Waals surface area contributed by atoms with Gasteiger partial charge in [0.15, 0.2) is 16.7 Å². The molecular weight excluding hydrogens is 563 g/mol. The first-order valence-corrected chi connectivity index (χ1v) is 12.8. The molecule has 0 N–H and O–H groups in total. The van der Waals surface area contributed by atoms with Gasteiger partial charge in [0.1, 0.15) is 6.61 Å². The number of allylic oxidation sites excluding steroid dienone is 1. The SMILES string of the molecule is CCOC(=O)C1=C(C)N=C2SC=CN2[C@@H]1c1cc(Br)c(OCc2c(Cl)cccc2Cl)c(OC)c1. The molecule has 0 bridgehead atoms. The number of benzene rings is 2. The number of amidine groups is 1. The number of ether oxygens (including phenoxy) is 3. The number of nitrogens with zero attached hydrogens (tertiary/aromatic N) is 2. The van der Waals surface area contributed by atoms with Gasteiger partial charge in [-0.25, -0.2) is 9.79 Å².